The Bertz CT molecular complexity index is 639. The monoisotopic (exact) mass is 312 g/mol. The Kier molecular flexibility index (Phi) is 4.93. The zero-order valence-corrected chi connectivity index (χ0v) is 12.0. The molecule has 0 saturated heterocycles. The second-order valence-electron chi connectivity index (χ2n) is 3.36. The number of hydrogen-bond donors (Lipinski definition) is 2. The van der Waals surface area contributed by atoms with Gasteiger partial charge in [0.2, 0.25) is 0 Å². The Balaban J connectivity index is 2.03. The highest BCUT2D eigenvalue weighted by atomic mass is 35.5. The first-order valence-corrected chi connectivity index (χ1v) is 7.38. The van der Waals surface area contributed by atoms with Crippen LogP contribution >= 0.6 is 34.3 Å². The highest BCUT2D eigenvalue weighted by Gasteiger charge is 2.13. The van der Waals surface area contributed by atoms with Crippen LogP contribution in [0.5, 0.6) is 0 Å². The molecule has 19 heavy (non-hydrogen) atoms. The van der Waals surface area contributed by atoms with E-state index in [4.69, 9.17) is 16.7 Å². The number of rotatable bonds is 3. The number of aromatic nitrogens is 1. The second-order valence-corrected chi connectivity index (χ2v) is 5.71. The Morgan fingerprint density at radius 2 is 2.42 bits per heavy atom. The molecule has 7 heteroatoms. The lowest BCUT2D eigenvalue weighted by molar-refractivity contribution is 0.103. The minimum absolute atomic E-state index is 0.0340. The molecule has 98 valence electrons. The van der Waals surface area contributed by atoms with Gasteiger partial charge in [0, 0.05) is 6.42 Å². The van der Waals surface area contributed by atoms with Gasteiger partial charge in [-0.1, -0.05) is 34.8 Å². The average molecular weight is 313 g/mol. The average Bonchev–Trinajstić information content (AvgIpc) is 2.99. The van der Waals surface area contributed by atoms with Gasteiger partial charge in [0.25, 0.3) is 5.91 Å². The number of thiophene rings is 1. The molecule has 0 atom stereocenters. The number of carbonyl (C=O) groups is 1. The van der Waals surface area contributed by atoms with E-state index in [1.54, 1.807) is 17.6 Å². The van der Waals surface area contributed by atoms with Crippen molar-refractivity contribution in [3.63, 3.8) is 0 Å². The van der Waals surface area contributed by atoms with Gasteiger partial charge in [-0.2, -0.15) is 0 Å². The molecule has 0 spiro atoms. The molecular weight excluding hydrogens is 304 g/mol. The summed E-state index contributed by atoms with van der Waals surface area (Å²) in [6.07, 6.45) is 2.01. The summed E-state index contributed by atoms with van der Waals surface area (Å²) in [5, 5.41) is 14.0. The van der Waals surface area contributed by atoms with Crippen LogP contribution in [0.3, 0.4) is 0 Å². The topological polar surface area (TPSA) is 62.2 Å². The highest BCUT2D eigenvalue weighted by molar-refractivity contribution is 7.16. The van der Waals surface area contributed by atoms with Gasteiger partial charge in [-0.3, -0.25) is 10.1 Å². The van der Waals surface area contributed by atoms with Crippen molar-refractivity contribution in [2.24, 2.45) is 0 Å². The molecule has 0 bridgehead atoms. The number of aliphatic hydroxyl groups is 1. The van der Waals surface area contributed by atoms with E-state index in [-0.39, 0.29) is 12.5 Å². The van der Waals surface area contributed by atoms with Crippen molar-refractivity contribution < 1.29 is 9.90 Å². The van der Waals surface area contributed by atoms with E-state index in [1.807, 2.05) is 0 Å². The molecule has 2 rings (SSSR count). The van der Waals surface area contributed by atoms with Gasteiger partial charge >= 0.3 is 0 Å². The smallest absolute Gasteiger partial charge is 0.269 e. The summed E-state index contributed by atoms with van der Waals surface area (Å²) in [5.41, 5.74) is 0. The van der Waals surface area contributed by atoms with Gasteiger partial charge in [-0.25, -0.2) is 4.98 Å². The largest absolute Gasteiger partial charge is 0.395 e. The van der Waals surface area contributed by atoms with E-state index in [1.165, 1.54) is 22.7 Å². The van der Waals surface area contributed by atoms with Crippen molar-refractivity contribution in [1.82, 2.24) is 4.98 Å². The summed E-state index contributed by atoms with van der Waals surface area (Å²) in [7, 11) is 0. The standard InChI is InChI=1S/C12H9ClN2O2S2/c13-9-4-6-18-10(9)11(17)15-12-14-7-8(19-12)3-1-2-5-16/h4,6-7,16H,2,5H2,(H,14,15,17). The van der Waals surface area contributed by atoms with Gasteiger partial charge in [0.15, 0.2) is 5.13 Å². The van der Waals surface area contributed by atoms with Crippen LogP contribution in [0.25, 0.3) is 0 Å². The van der Waals surface area contributed by atoms with Gasteiger partial charge in [0.1, 0.15) is 4.88 Å². The maximum Gasteiger partial charge on any atom is 0.269 e. The van der Waals surface area contributed by atoms with Crippen LogP contribution < -0.4 is 5.32 Å². The molecule has 0 aromatic carbocycles. The molecule has 0 aliphatic carbocycles. The molecule has 1 amide bonds. The molecule has 0 saturated carbocycles. The fraction of sp³-hybridized carbons (Fsp3) is 0.167. The Morgan fingerprint density at radius 1 is 1.58 bits per heavy atom. The number of nitrogens with one attached hydrogen (secondary N) is 1. The zero-order chi connectivity index (χ0) is 13.7. The predicted octanol–water partition coefficient (Wildman–Crippen LogP) is 2.84. The maximum absolute atomic E-state index is 11.9. The first-order valence-electron chi connectivity index (χ1n) is 5.30. The van der Waals surface area contributed by atoms with Crippen LogP contribution in [0.1, 0.15) is 21.0 Å². The van der Waals surface area contributed by atoms with Crippen molar-refractivity contribution in [2.75, 3.05) is 11.9 Å². The number of amides is 1. The summed E-state index contributed by atoms with van der Waals surface area (Å²) < 4.78 is 0. The summed E-state index contributed by atoms with van der Waals surface area (Å²) >= 11 is 8.43. The number of halogens is 1. The van der Waals surface area contributed by atoms with E-state index in [9.17, 15) is 4.79 Å². The number of aliphatic hydroxyl groups excluding tert-OH is 1. The SMILES string of the molecule is O=C(Nc1ncc(C#CCCO)s1)c1sccc1Cl. The minimum Gasteiger partial charge on any atom is -0.395 e. The molecule has 0 aliphatic rings. The Morgan fingerprint density at radius 3 is 3.11 bits per heavy atom. The van der Waals surface area contributed by atoms with Gasteiger partial charge in [-0.15, -0.1) is 11.3 Å². The molecule has 2 N–H and O–H groups in total. The third-order valence-electron chi connectivity index (χ3n) is 2.00. The molecule has 0 fully saturated rings. The molecule has 0 radical (unpaired) electrons. The molecule has 4 nitrogen and oxygen atoms in total. The Hall–Kier alpha value is -1.39. The number of nitrogens with zero attached hydrogens (tertiary/aromatic N) is 1. The first-order chi connectivity index (χ1) is 9.20. The summed E-state index contributed by atoms with van der Waals surface area (Å²) in [5.74, 6) is 5.38. The van der Waals surface area contributed by atoms with Crippen LogP contribution in [0.4, 0.5) is 5.13 Å². The van der Waals surface area contributed by atoms with Crippen molar-refractivity contribution in [1.29, 1.82) is 0 Å². The quantitative estimate of drug-likeness (QED) is 0.857. The molecule has 2 heterocycles. The fourth-order valence-corrected chi connectivity index (χ4v) is 2.93. The number of hydrogen-bond acceptors (Lipinski definition) is 5. The van der Waals surface area contributed by atoms with E-state index in [0.29, 0.717) is 21.5 Å². The van der Waals surface area contributed by atoms with Crippen molar-refractivity contribution in [2.45, 2.75) is 6.42 Å². The van der Waals surface area contributed by atoms with Crippen molar-refractivity contribution >= 4 is 45.3 Å². The number of anilines is 1. The van der Waals surface area contributed by atoms with Gasteiger partial charge in [-0.05, 0) is 11.4 Å². The summed E-state index contributed by atoms with van der Waals surface area (Å²) in [6.45, 7) is 0.0340. The summed E-state index contributed by atoms with van der Waals surface area (Å²) in [4.78, 5) is 17.1. The van der Waals surface area contributed by atoms with E-state index in [0.717, 1.165) is 4.88 Å². The molecular formula is C12H9ClN2O2S2. The predicted molar refractivity (Wildman–Crippen MR) is 78.0 cm³/mol. The lowest BCUT2D eigenvalue weighted by Crippen LogP contribution is -2.10. The van der Waals surface area contributed by atoms with Crippen molar-refractivity contribution in [3.05, 3.63) is 32.4 Å². The zero-order valence-electron chi connectivity index (χ0n) is 9.64. The van der Waals surface area contributed by atoms with Gasteiger partial charge in [0.05, 0.1) is 22.7 Å². The number of thiazole rings is 1. The van der Waals surface area contributed by atoms with E-state index >= 15 is 0 Å². The first kappa shape index (κ1) is 14.0. The lowest BCUT2D eigenvalue weighted by atomic mass is 10.4. The minimum atomic E-state index is -0.274. The number of carbonyl (C=O) groups excluding carboxylic acids is 1. The van der Waals surface area contributed by atoms with E-state index < -0.39 is 0 Å². The molecule has 0 unspecified atom stereocenters. The van der Waals surface area contributed by atoms with Crippen LogP contribution in [0.2, 0.25) is 5.02 Å². The van der Waals surface area contributed by atoms with Gasteiger partial charge < -0.3 is 5.11 Å². The van der Waals surface area contributed by atoms with Crippen molar-refractivity contribution in [3.8, 4) is 11.8 Å². The highest BCUT2D eigenvalue weighted by Crippen LogP contribution is 2.24. The molecule has 0 aliphatic heterocycles. The maximum atomic E-state index is 11.9. The molecule has 2 aromatic rings. The van der Waals surface area contributed by atoms with Crippen LogP contribution in [-0.4, -0.2) is 22.6 Å². The summed E-state index contributed by atoms with van der Waals surface area (Å²) in [6, 6.07) is 1.68. The lowest BCUT2D eigenvalue weighted by Gasteiger charge is -1.98. The Labute approximate surface area is 123 Å². The normalized spacial score (nSPS) is 9.79. The van der Waals surface area contributed by atoms with Crippen LogP contribution in [0, 0.1) is 11.8 Å². The van der Waals surface area contributed by atoms with E-state index in [2.05, 4.69) is 22.1 Å². The van der Waals surface area contributed by atoms with Crippen LogP contribution in [0.15, 0.2) is 17.6 Å². The third-order valence-corrected chi connectivity index (χ3v) is 4.17. The third kappa shape index (κ3) is 3.78. The fourth-order valence-electron chi connectivity index (χ4n) is 1.20. The second kappa shape index (κ2) is 6.68. The molecule has 2 aromatic heterocycles. The van der Waals surface area contributed by atoms with Crippen LogP contribution in [-0.2, 0) is 0 Å².